The molecule has 1 aromatic heterocycles. The van der Waals surface area contributed by atoms with Crippen molar-refractivity contribution in [3.63, 3.8) is 0 Å². The van der Waals surface area contributed by atoms with Crippen molar-refractivity contribution in [3.05, 3.63) is 23.0 Å². The van der Waals surface area contributed by atoms with Gasteiger partial charge in [0, 0.05) is 24.0 Å². The molecule has 1 rings (SSSR count). The number of hydrogen-bond donors (Lipinski definition) is 2. The predicted molar refractivity (Wildman–Crippen MR) is 46.9 cm³/mol. The van der Waals surface area contributed by atoms with Crippen LogP contribution in [0.1, 0.15) is 28.0 Å². The Morgan fingerprint density at radius 2 is 2.21 bits per heavy atom. The number of aldehydes is 1. The van der Waals surface area contributed by atoms with Gasteiger partial charge in [0.1, 0.15) is 5.69 Å². The smallest absolute Gasteiger partial charge is 0.267 e. The van der Waals surface area contributed by atoms with E-state index in [1.807, 2.05) is 0 Å². The molecule has 1 aromatic rings. The van der Waals surface area contributed by atoms with Crippen molar-refractivity contribution in [2.45, 2.75) is 13.0 Å². The summed E-state index contributed by atoms with van der Waals surface area (Å²) in [6.45, 7) is -0.0898. The molecule has 0 unspecified atom stereocenters. The number of pyridine rings is 1. The summed E-state index contributed by atoms with van der Waals surface area (Å²) < 4.78 is 24.7. The largest absolute Gasteiger partial charge is 0.398 e. The van der Waals surface area contributed by atoms with Crippen LogP contribution in [-0.2, 0) is 6.54 Å². The second kappa shape index (κ2) is 4.10. The van der Waals surface area contributed by atoms with Gasteiger partial charge in [-0.05, 0) is 0 Å². The molecule has 0 radical (unpaired) electrons. The van der Waals surface area contributed by atoms with Gasteiger partial charge in [-0.2, -0.15) is 0 Å². The Bertz CT molecular complexity index is 355. The van der Waals surface area contributed by atoms with E-state index >= 15 is 0 Å². The number of nitrogens with zero attached hydrogens (tertiary/aromatic N) is 1. The molecule has 6 heteroatoms. The van der Waals surface area contributed by atoms with E-state index in [-0.39, 0.29) is 23.5 Å². The highest BCUT2D eigenvalue weighted by molar-refractivity contribution is 5.78. The number of anilines is 1. The van der Waals surface area contributed by atoms with Gasteiger partial charge in [0.25, 0.3) is 6.43 Å². The third-order valence-corrected chi connectivity index (χ3v) is 1.84. The zero-order valence-corrected chi connectivity index (χ0v) is 7.21. The molecule has 0 aliphatic heterocycles. The highest BCUT2D eigenvalue weighted by atomic mass is 19.3. The van der Waals surface area contributed by atoms with Crippen LogP contribution < -0.4 is 11.5 Å². The van der Waals surface area contributed by atoms with Gasteiger partial charge < -0.3 is 11.5 Å². The van der Waals surface area contributed by atoms with Crippen LogP contribution in [0.25, 0.3) is 0 Å². The Labute approximate surface area is 78.9 Å². The van der Waals surface area contributed by atoms with Gasteiger partial charge >= 0.3 is 0 Å². The summed E-state index contributed by atoms with van der Waals surface area (Å²) in [5, 5.41) is 0. The Morgan fingerprint density at radius 1 is 1.57 bits per heavy atom. The van der Waals surface area contributed by atoms with E-state index in [1.165, 1.54) is 0 Å². The average Bonchev–Trinajstić information content (AvgIpc) is 2.16. The van der Waals surface area contributed by atoms with Crippen molar-refractivity contribution in [3.8, 4) is 0 Å². The predicted octanol–water partition coefficient (Wildman–Crippen LogP) is 0.873. The molecule has 4 nitrogen and oxygen atoms in total. The monoisotopic (exact) mass is 201 g/mol. The minimum Gasteiger partial charge on any atom is -0.398 e. The van der Waals surface area contributed by atoms with Crippen LogP contribution >= 0.6 is 0 Å². The first-order chi connectivity index (χ1) is 6.61. The minimum absolute atomic E-state index is 0.00870. The van der Waals surface area contributed by atoms with E-state index in [9.17, 15) is 13.6 Å². The molecule has 0 aliphatic carbocycles. The summed E-state index contributed by atoms with van der Waals surface area (Å²) in [5.41, 5.74) is 10.3. The van der Waals surface area contributed by atoms with Gasteiger partial charge in [-0.15, -0.1) is 0 Å². The summed E-state index contributed by atoms with van der Waals surface area (Å²) in [6, 6.07) is 0. The molecule has 0 aliphatic rings. The molecule has 14 heavy (non-hydrogen) atoms. The Kier molecular flexibility index (Phi) is 3.08. The second-order valence-electron chi connectivity index (χ2n) is 2.61. The van der Waals surface area contributed by atoms with Crippen LogP contribution in [0.15, 0.2) is 6.20 Å². The van der Waals surface area contributed by atoms with E-state index in [0.29, 0.717) is 6.29 Å². The van der Waals surface area contributed by atoms with Crippen molar-refractivity contribution in [2.75, 3.05) is 5.73 Å². The van der Waals surface area contributed by atoms with Crippen LogP contribution in [0.3, 0.4) is 0 Å². The molecule has 0 amide bonds. The van der Waals surface area contributed by atoms with E-state index in [4.69, 9.17) is 11.5 Å². The van der Waals surface area contributed by atoms with Gasteiger partial charge in [-0.3, -0.25) is 9.78 Å². The maximum atomic E-state index is 12.3. The zero-order valence-electron chi connectivity index (χ0n) is 7.21. The third kappa shape index (κ3) is 1.69. The number of hydrogen-bond acceptors (Lipinski definition) is 4. The zero-order chi connectivity index (χ0) is 10.7. The fourth-order valence-corrected chi connectivity index (χ4v) is 1.09. The van der Waals surface area contributed by atoms with Gasteiger partial charge in [0.2, 0.25) is 0 Å². The van der Waals surface area contributed by atoms with Gasteiger partial charge in [-0.25, -0.2) is 8.78 Å². The van der Waals surface area contributed by atoms with Crippen LogP contribution in [0, 0.1) is 0 Å². The molecule has 0 spiro atoms. The topological polar surface area (TPSA) is 82.0 Å². The second-order valence-corrected chi connectivity index (χ2v) is 2.61. The van der Waals surface area contributed by atoms with Crippen molar-refractivity contribution in [1.82, 2.24) is 4.98 Å². The highest BCUT2D eigenvalue weighted by Crippen LogP contribution is 2.27. The first-order valence-electron chi connectivity index (χ1n) is 3.82. The Hall–Kier alpha value is -1.56. The standard InChI is InChI=1S/C8H9F2N3O/c9-8(10)5-2-13-6(3-14)4(1-11)7(5)12/h2-3,8H,1,11H2,(H2,12,13). The molecule has 0 atom stereocenters. The van der Waals surface area contributed by atoms with Gasteiger partial charge in [0.15, 0.2) is 6.29 Å². The lowest BCUT2D eigenvalue weighted by Gasteiger charge is -2.09. The fourth-order valence-electron chi connectivity index (χ4n) is 1.09. The molecule has 76 valence electrons. The Morgan fingerprint density at radius 3 is 2.64 bits per heavy atom. The molecule has 0 saturated carbocycles. The number of rotatable bonds is 3. The van der Waals surface area contributed by atoms with E-state index in [0.717, 1.165) is 6.20 Å². The number of alkyl halides is 2. The summed E-state index contributed by atoms with van der Waals surface area (Å²) in [7, 11) is 0. The Balaban J connectivity index is 3.34. The lowest BCUT2D eigenvalue weighted by Crippen LogP contribution is -2.10. The number of nitrogens with two attached hydrogens (primary N) is 2. The normalized spacial score (nSPS) is 10.6. The molecule has 0 fully saturated rings. The number of carbonyl (C=O) groups is 1. The van der Waals surface area contributed by atoms with Crippen molar-refractivity contribution in [1.29, 1.82) is 0 Å². The molecule has 0 saturated heterocycles. The molecule has 1 heterocycles. The lowest BCUT2D eigenvalue weighted by molar-refractivity contribution is 0.111. The van der Waals surface area contributed by atoms with Crippen molar-refractivity contribution in [2.24, 2.45) is 5.73 Å². The van der Waals surface area contributed by atoms with Crippen molar-refractivity contribution >= 4 is 12.0 Å². The summed E-state index contributed by atoms with van der Waals surface area (Å²) >= 11 is 0. The molecule has 4 N–H and O–H groups in total. The lowest BCUT2D eigenvalue weighted by atomic mass is 10.1. The maximum Gasteiger partial charge on any atom is 0.267 e. The summed E-state index contributed by atoms with van der Waals surface area (Å²) in [5.74, 6) is 0. The number of aromatic nitrogens is 1. The third-order valence-electron chi connectivity index (χ3n) is 1.84. The first kappa shape index (κ1) is 10.5. The highest BCUT2D eigenvalue weighted by Gasteiger charge is 2.16. The maximum absolute atomic E-state index is 12.3. The average molecular weight is 201 g/mol. The first-order valence-corrected chi connectivity index (χ1v) is 3.82. The van der Waals surface area contributed by atoms with Gasteiger partial charge in [-0.1, -0.05) is 0 Å². The molecule has 0 bridgehead atoms. The fraction of sp³-hybridized carbons (Fsp3) is 0.250. The van der Waals surface area contributed by atoms with E-state index in [2.05, 4.69) is 4.98 Å². The summed E-state index contributed by atoms with van der Waals surface area (Å²) in [6.07, 6.45) is -1.38. The minimum atomic E-state index is -2.71. The van der Waals surface area contributed by atoms with Crippen LogP contribution in [0.2, 0.25) is 0 Å². The molecular weight excluding hydrogens is 192 g/mol. The number of carbonyl (C=O) groups excluding carboxylic acids is 1. The quantitative estimate of drug-likeness (QED) is 0.711. The SMILES string of the molecule is NCc1c(C=O)ncc(C(F)F)c1N. The van der Waals surface area contributed by atoms with Crippen LogP contribution in [-0.4, -0.2) is 11.3 Å². The number of halogens is 2. The molecule has 0 aromatic carbocycles. The van der Waals surface area contributed by atoms with Crippen LogP contribution in [0.5, 0.6) is 0 Å². The van der Waals surface area contributed by atoms with Crippen molar-refractivity contribution < 1.29 is 13.6 Å². The van der Waals surface area contributed by atoms with Gasteiger partial charge in [0.05, 0.1) is 5.56 Å². The van der Waals surface area contributed by atoms with E-state index in [1.54, 1.807) is 0 Å². The number of nitrogen functional groups attached to an aromatic ring is 1. The van der Waals surface area contributed by atoms with Crippen LogP contribution in [0.4, 0.5) is 14.5 Å². The molecular formula is C8H9F2N3O. The van der Waals surface area contributed by atoms with E-state index < -0.39 is 12.0 Å². The summed E-state index contributed by atoms with van der Waals surface area (Å²) in [4.78, 5) is 14.0.